The topological polar surface area (TPSA) is 131 Å². The van der Waals surface area contributed by atoms with E-state index in [-0.39, 0.29) is 13.2 Å². The summed E-state index contributed by atoms with van der Waals surface area (Å²) in [7, 11) is 0. The number of nitrogens with one attached hydrogen (secondary N) is 1. The number of rotatable bonds is 10. The predicted octanol–water partition coefficient (Wildman–Crippen LogP) is 3.18. The highest BCUT2D eigenvalue weighted by Gasteiger charge is 2.21. The Bertz CT molecular complexity index is 1160. The maximum atomic E-state index is 11.1. The van der Waals surface area contributed by atoms with Crippen molar-refractivity contribution in [3.8, 4) is 28.6 Å². The Morgan fingerprint density at radius 3 is 2.83 bits per heavy atom. The number of carbonyl (C=O) groups excluding carboxylic acids is 1. The lowest BCUT2D eigenvalue weighted by Crippen LogP contribution is -2.36. The standard InChI is InChI=1S/C26H32N4O5/c1-3-20-16(2)21(8-9-23(20)34-15-19(32)13-28-24(33)14-31)25-29-26(35-30-25)18-10-11-27-22(12-18)17-6-4-5-7-17/h8-12,17,19,31-32H,3-7,13-15H2,1-2H3,(H,28,33)/t19-/m0/s1. The molecule has 0 unspecified atom stereocenters. The zero-order chi connectivity index (χ0) is 24.8. The highest BCUT2D eigenvalue weighted by Crippen LogP contribution is 2.35. The molecule has 0 radical (unpaired) electrons. The molecule has 186 valence electrons. The average Bonchev–Trinajstić information content (AvgIpc) is 3.59. The third kappa shape index (κ3) is 5.86. The number of ether oxygens (including phenoxy) is 1. The van der Waals surface area contributed by atoms with Crippen molar-refractivity contribution in [3.63, 3.8) is 0 Å². The van der Waals surface area contributed by atoms with E-state index in [0.717, 1.165) is 27.9 Å². The molecule has 0 saturated heterocycles. The molecule has 9 nitrogen and oxygen atoms in total. The van der Waals surface area contributed by atoms with Crippen molar-refractivity contribution in [1.29, 1.82) is 0 Å². The number of nitrogens with zero attached hydrogens (tertiary/aromatic N) is 3. The number of aliphatic hydroxyl groups excluding tert-OH is 2. The zero-order valence-electron chi connectivity index (χ0n) is 20.2. The molecule has 3 N–H and O–H groups in total. The number of pyridine rings is 1. The highest BCUT2D eigenvalue weighted by molar-refractivity contribution is 5.76. The van der Waals surface area contributed by atoms with Crippen molar-refractivity contribution in [3.05, 3.63) is 47.3 Å². The maximum Gasteiger partial charge on any atom is 0.258 e. The van der Waals surface area contributed by atoms with Crippen molar-refractivity contribution in [2.45, 2.75) is 58.0 Å². The SMILES string of the molecule is CCc1c(OC[C@@H](O)CNC(=O)CO)ccc(-c2noc(-c3ccnc(C4CCCC4)c3)n2)c1C. The summed E-state index contributed by atoms with van der Waals surface area (Å²) in [6, 6.07) is 7.67. The van der Waals surface area contributed by atoms with E-state index in [1.165, 1.54) is 25.7 Å². The molecule has 2 heterocycles. The van der Waals surface area contributed by atoms with Crippen LogP contribution in [0, 0.1) is 6.92 Å². The largest absolute Gasteiger partial charge is 0.491 e. The molecule has 3 aromatic rings. The van der Waals surface area contributed by atoms with Crippen LogP contribution in [-0.4, -0.2) is 57.1 Å². The molecule has 1 fully saturated rings. The zero-order valence-corrected chi connectivity index (χ0v) is 20.2. The van der Waals surface area contributed by atoms with Gasteiger partial charge in [0.25, 0.3) is 5.89 Å². The number of amides is 1. The Morgan fingerprint density at radius 2 is 2.09 bits per heavy atom. The summed E-state index contributed by atoms with van der Waals surface area (Å²) in [6.45, 7) is 3.41. The van der Waals surface area contributed by atoms with Crippen LogP contribution in [0.15, 0.2) is 35.0 Å². The summed E-state index contributed by atoms with van der Waals surface area (Å²) in [5.41, 5.74) is 4.76. The van der Waals surface area contributed by atoms with E-state index in [9.17, 15) is 9.90 Å². The number of benzene rings is 1. The van der Waals surface area contributed by atoms with Crippen molar-refractivity contribution in [2.24, 2.45) is 0 Å². The Morgan fingerprint density at radius 1 is 1.29 bits per heavy atom. The molecule has 1 amide bonds. The van der Waals surface area contributed by atoms with Gasteiger partial charge < -0.3 is 24.8 Å². The molecular formula is C26H32N4O5. The lowest BCUT2D eigenvalue weighted by molar-refractivity contribution is -0.124. The van der Waals surface area contributed by atoms with E-state index in [4.69, 9.17) is 14.4 Å². The van der Waals surface area contributed by atoms with Crippen LogP contribution >= 0.6 is 0 Å². The first-order valence-electron chi connectivity index (χ1n) is 12.1. The summed E-state index contributed by atoms with van der Waals surface area (Å²) in [6.07, 6.45) is 6.47. The maximum absolute atomic E-state index is 11.1. The Kier molecular flexibility index (Phi) is 8.09. The van der Waals surface area contributed by atoms with Crippen LogP contribution in [0.25, 0.3) is 22.8 Å². The molecule has 9 heteroatoms. The van der Waals surface area contributed by atoms with Crippen LogP contribution in [0.5, 0.6) is 5.75 Å². The Labute approximate surface area is 204 Å². The molecule has 1 aliphatic rings. The molecular weight excluding hydrogens is 448 g/mol. The van der Waals surface area contributed by atoms with Gasteiger partial charge in [0, 0.05) is 35.5 Å². The minimum atomic E-state index is -0.899. The second kappa shape index (κ2) is 11.4. The van der Waals surface area contributed by atoms with Gasteiger partial charge in [-0.25, -0.2) is 0 Å². The second-order valence-corrected chi connectivity index (χ2v) is 8.87. The number of aromatic nitrogens is 3. The van der Waals surface area contributed by atoms with Gasteiger partial charge in [0.2, 0.25) is 11.7 Å². The summed E-state index contributed by atoms with van der Waals surface area (Å²) in [5, 5.41) is 25.5. The predicted molar refractivity (Wildman–Crippen MR) is 130 cm³/mol. The molecule has 1 aromatic carbocycles. The first-order valence-corrected chi connectivity index (χ1v) is 12.1. The molecule has 1 atom stereocenters. The summed E-state index contributed by atoms with van der Waals surface area (Å²) < 4.78 is 11.4. The Hall–Kier alpha value is -3.30. The highest BCUT2D eigenvalue weighted by atomic mass is 16.5. The number of hydrogen-bond acceptors (Lipinski definition) is 8. The number of hydrogen-bond donors (Lipinski definition) is 3. The van der Waals surface area contributed by atoms with Crippen LogP contribution in [0.4, 0.5) is 0 Å². The second-order valence-electron chi connectivity index (χ2n) is 8.87. The van der Waals surface area contributed by atoms with Crippen LogP contribution < -0.4 is 10.1 Å². The van der Waals surface area contributed by atoms with E-state index in [0.29, 0.717) is 29.8 Å². The van der Waals surface area contributed by atoms with Gasteiger partial charge in [-0.1, -0.05) is 24.9 Å². The fourth-order valence-electron chi connectivity index (χ4n) is 4.56. The van der Waals surface area contributed by atoms with Gasteiger partial charge in [-0.05, 0) is 61.6 Å². The molecule has 35 heavy (non-hydrogen) atoms. The van der Waals surface area contributed by atoms with E-state index in [1.54, 1.807) is 0 Å². The van der Waals surface area contributed by atoms with Crippen molar-refractivity contribution in [2.75, 3.05) is 19.8 Å². The van der Waals surface area contributed by atoms with Gasteiger partial charge in [0.15, 0.2) is 0 Å². The van der Waals surface area contributed by atoms with Gasteiger partial charge in [-0.3, -0.25) is 9.78 Å². The lowest BCUT2D eigenvalue weighted by Gasteiger charge is -2.17. The van der Waals surface area contributed by atoms with Crippen molar-refractivity contribution < 1.29 is 24.3 Å². The number of carbonyl (C=O) groups is 1. The molecule has 1 saturated carbocycles. The first-order chi connectivity index (χ1) is 17.0. The molecule has 0 aliphatic heterocycles. The van der Waals surface area contributed by atoms with E-state index < -0.39 is 18.6 Å². The minimum absolute atomic E-state index is 0.00101. The van der Waals surface area contributed by atoms with Gasteiger partial charge >= 0.3 is 0 Å². The normalized spacial score (nSPS) is 14.7. The first kappa shape index (κ1) is 24.8. The minimum Gasteiger partial charge on any atom is -0.491 e. The molecule has 2 aromatic heterocycles. The smallest absolute Gasteiger partial charge is 0.258 e. The third-order valence-electron chi connectivity index (χ3n) is 6.49. The van der Waals surface area contributed by atoms with Crippen LogP contribution in [0.2, 0.25) is 0 Å². The number of aliphatic hydroxyl groups is 2. The fraction of sp³-hybridized carbons (Fsp3) is 0.462. The quantitative estimate of drug-likeness (QED) is 0.403. The summed E-state index contributed by atoms with van der Waals surface area (Å²) >= 11 is 0. The lowest BCUT2D eigenvalue weighted by atomic mass is 9.99. The van der Waals surface area contributed by atoms with Gasteiger partial charge in [0.05, 0.1) is 0 Å². The van der Waals surface area contributed by atoms with Gasteiger partial charge in [-0.15, -0.1) is 0 Å². The van der Waals surface area contributed by atoms with Crippen molar-refractivity contribution >= 4 is 5.91 Å². The van der Waals surface area contributed by atoms with E-state index in [1.807, 2.05) is 38.2 Å². The summed E-state index contributed by atoms with van der Waals surface area (Å²) in [4.78, 5) is 20.4. The fourth-order valence-corrected chi connectivity index (χ4v) is 4.56. The van der Waals surface area contributed by atoms with Crippen LogP contribution in [0.1, 0.15) is 55.3 Å². The van der Waals surface area contributed by atoms with Crippen LogP contribution in [0.3, 0.4) is 0 Å². The van der Waals surface area contributed by atoms with Crippen molar-refractivity contribution in [1.82, 2.24) is 20.4 Å². The Balaban J connectivity index is 1.49. The molecule has 1 aliphatic carbocycles. The van der Waals surface area contributed by atoms with Gasteiger partial charge in [0.1, 0.15) is 25.1 Å². The van der Waals surface area contributed by atoms with Gasteiger partial charge in [-0.2, -0.15) is 4.98 Å². The molecule has 0 bridgehead atoms. The van der Waals surface area contributed by atoms with E-state index >= 15 is 0 Å². The molecule has 4 rings (SSSR count). The third-order valence-corrected chi connectivity index (χ3v) is 6.49. The summed E-state index contributed by atoms with van der Waals surface area (Å²) in [5.74, 6) is 1.58. The average molecular weight is 481 g/mol. The molecule has 0 spiro atoms. The van der Waals surface area contributed by atoms with Crippen LogP contribution in [-0.2, 0) is 11.2 Å². The van der Waals surface area contributed by atoms with E-state index in [2.05, 4.69) is 26.5 Å². The monoisotopic (exact) mass is 480 g/mol.